The molecule has 132 valence electrons. The van der Waals surface area contributed by atoms with Crippen LogP contribution in [0.3, 0.4) is 0 Å². The lowest BCUT2D eigenvalue weighted by Crippen LogP contribution is -2.41. The van der Waals surface area contributed by atoms with Gasteiger partial charge in [-0.05, 0) is 62.7 Å². The zero-order valence-electron chi connectivity index (χ0n) is 15.3. The lowest BCUT2D eigenvalue weighted by molar-refractivity contribution is 0.199. The molecule has 4 heteroatoms. The van der Waals surface area contributed by atoms with E-state index in [0.29, 0.717) is 11.8 Å². The van der Waals surface area contributed by atoms with Crippen LogP contribution in [0.2, 0.25) is 0 Å². The highest BCUT2D eigenvalue weighted by Gasteiger charge is 2.36. The largest absolute Gasteiger partial charge is 0.331 e. The number of nitrogens with zero attached hydrogens (tertiary/aromatic N) is 2. The van der Waals surface area contributed by atoms with E-state index in [1.165, 1.54) is 24.0 Å². The molecule has 1 aromatic carbocycles. The molecule has 0 radical (unpaired) electrons. The first-order valence-corrected chi connectivity index (χ1v) is 9.38. The summed E-state index contributed by atoms with van der Waals surface area (Å²) in [7, 11) is 2.16. The highest BCUT2D eigenvalue weighted by atomic mass is 16.2. The second-order valence-electron chi connectivity index (χ2n) is 7.58. The standard InChI is InChI=1S/C20H31N3O/c1-4-22(3)13-16-11-12-23(14-16)20(24)21-19(17-9-10-17)18-8-6-5-7-15(18)2/h5-8,16-17,19H,4,9-14H2,1-3H3,(H,21,24)/t16-,19-/m0/s1. The van der Waals surface area contributed by atoms with Crippen molar-refractivity contribution in [3.63, 3.8) is 0 Å². The number of hydrogen-bond donors (Lipinski definition) is 1. The maximum Gasteiger partial charge on any atom is 0.317 e. The molecule has 1 saturated heterocycles. The summed E-state index contributed by atoms with van der Waals surface area (Å²) < 4.78 is 0. The van der Waals surface area contributed by atoms with E-state index in [2.05, 4.69) is 55.4 Å². The van der Waals surface area contributed by atoms with Crippen LogP contribution in [-0.2, 0) is 0 Å². The van der Waals surface area contributed by atoms with Crippen LogP contribution in [0.15, 0.2) is 24.3 Å². The molecular formula is C20H31N3O. The number of benzene rings is 1. The summed E-state index contributed by atoms with van der Waals surface area (Å²) in [5.41, 5.74) is 2.56. The molecule has 4 nitrogen and oxygen atoms in total. The van der Waals surface area contributed by atoms with E-state index in [4.69, 9.17) is 0 Å². The van der Waals surface area contributed by atoms with Gasteiger partial charge in [-0.1, -0.05) is 31.2 Å². The van der Waals surface area contributed by atoms with Crippen LogP contribution in [0.4, 0.5) is 4.79 Å². The van der Waals surface area contributed by atoms with Gasteiger partial charge in [-0.2, -0.15) is 0 Å². The van der Waals surface area contributed by atoms with Gasteiger partial charge in [-0.3, -0.25) is 0 Å². The Balaban J connectivity index is 1.60. The summed E-state index contributed by atoms with van der Waals surface area (Å²) in [6.07, 6.45) is 3.57. The van der Waals surface area contributed by atoms with Crippen LogP contribution in [0, 0.1) is 18.8 Å². The van der Waals surface area contributed by atoms with Gasteiger partial charge in [-0.15, -0.1) is 0 Å². The number of likely N-dealkylation sites (tertiary alicyclic amines) is 1. The minimum absolute atomic E-state index is 0.122. The van der Waals surface area contributed by atoms with Crippen LogP contribution < -0.4 is 5.32 Å². The number of carbonyl (C=O) groups excluding carboxylic acids is 1. The second-order valence-corrected chi connectivity index (χ2v) is 7.58. The Morgan fingerprint density at radius 1 is 1.33 bits per heavy atom. The van der Waals surface area contributed by atoms with Gasteiger partial charge in [0.25, 0.3) is 0 Å². The van der Waals surface area contributed by atoms with Crippen LogP contribution >= 0.6 is 0 Å². The molecule has 1 heterocycles. The summed E-state index contributed by atoms with van der Waals surface area (Å²) in [6, 6.07) is 8.76. The van der Waals surface area contributed by atoms with Gasteiger partial charge >= 0.3 is 6.03 Å². The molecule has 0 spiro atoms. The fourth-order valence-corrected chi connectivity index (χ4v) is 3.78. The first-order valence-electron chi connectivity index (χ1n) is 9.38. The van der Waals surface area contributed by atoms with E-state index < -0.39 is 0 Å². The molecule has 0 unspecified atom stereocenters. The van der Waals surface area contributed by atoms with Gasteiger partial charge < -0.3 is 15.1 Å². The van der Waals surface area contributed by atoms with Crippen molar-refractivity contribution in [3.05, 3.63) is 35.4 Å². The first kappa shape index (κ1) is 17.3. The van der Waals surface area contributed by atoms with E-state index in [-0.39, 0.29) is 12.1 Å². The van der Waals surface area contributed by atoms with Crippen LogP contribution in [-0.4, -0.2) is 49.1 Å². The Morgan fingerprint density at radius 2 is 2.08 bits per heavy atom. The molecule has 1 aliphatic carbocycles. The average Bonchev–Trinajstić information content (AvgIpc) is 3.32. The average molecular weight is 329 g/mol. The Hall–Kier alpha value is -1.55. The van der Waals surface area contributed by atoms with Gasteiger partial charge in [0.2, 0.25) is 0 Å². The molecule has 1 aliphatic heterocycles. The van der Waals surface area contributed by atoms with Crippen molar-refractivity contribution in [2.45, 2.75) is 39.2 Å². The molecule has 2 amide bonds. The third kappa shape index (κ3) is 4.10. The molecule has 2 aliphatic rings. The maximum absolute atomic E-state index is 12.8. The Morgan fingerprint density at radius 3 is 2.75 bits per heavy atom. The molecule has 0 bridgehead atoms. The molecular weight excluding hydrogens is 298 g/mol. The molecule has 1 N–H and O–H groups in total. The van der Waals surface area contributed by atoms with Crippen molar-refractivity contribution in [1.29, 1.82) is 0 Å². The Kier molecular flexibility index (Phi) is 5.44. The number of hydrogen-bond acceptors (Lipinski definition) is 2. The van der Waals surface area contributed by atoms with E-state index >= 15 is 0 Å². The third-order valence-electron chi connectivity index (χ3n) is 5.58. The van der Waals surface area contributed by atoms with Crippen molar-refractivity contribution in [3.8, 4) is 0 Å². The Labute approximate surface area is 146 Å². The lowest BCUT2D eigenvalue weighted by atomic mass is 9.98. The van der Waals surface area contributed by atoms with Crippen molar-refractivity contribution in [1.82, 2.24) is 15.1 Å². The lowest BCUT2D eigenvalue weighted by Gasteiger charge is -2.25. The molecule has 2 fully saturated rings. The second kappa shape index (κ2) is 7.56. The van der Waals surface area contributed by atoms with Crippen molar-refractivity contribution >= 4 is 6.03 Å². The fraction of sp³-hybridized carbons (Fsp3) is 0.650. The molecule has 3 rings (SSSR count). The van der Waals surface area contributed by atoms with Crippen molar-refractivity contribution < 1.29 is 4.79 Å². The minimum Gasteiger partial charge on any atom is -0.331 e. The van der Waals surface area contributed by atoms with E-state index in [9.17, 15) is 4.79 Å². The normalized spacial score (nSPS) is 22.0. The van der Waals surface area contributed by atoms with Gasteiger partial charge in [-0.25, -0.2) is 4.79 Å². The number of rotatable bonds is 6. The number of carbonyl (C=O) groups is 1. The molecule has 24 heavy (non-hydrogen) atoms. The smallest absolute Gasteiger partial charge is 0.317 e. The molecule has 2 atom stereocenters. The predicted octanol–water partition coefficient (Wildman–Crippen LogP) is 3.43. The van der Waals surface area contributed by atoms with Crippen molar-refractivity contribution in [2.75, 3.05) is 33.2 Å². The number of amides is 2. The van der Waals surface area contributed by atoms with E-state index in [1.54, 1.807) is 0 Å². The summed E-state index contributed by atoms with van der Waals surface area (Å²) in [5.74, 6) is 1.22. The molecule has 1 aromatic rings. The zero-order valence-corrected chi connectivity index (χ0v) is 15.3. The Bertz CT molecular complexity index is 570. The van der Waals surface area contributed by atoms with Crippen LogP contribution in [0.5, 0.6) is 0 Å². The van der Waals surface area contributed by atoms with Gasteiger partial charge in [0.05, 0.1) is 6.04 Å². The van der Waals surface area contributed by atoms with Gasteiger partial charge in [0, 0.05) is 19.6 Å². The van der Waals surface area contributed by atoms with Gasteiger partial charge in [0.15, 0.2) is 0 Å². The van der Waals surface area contributed by atoms with Crippen molar-refractivity contribution in [2.24, 2.45) is 11.8 Å². The van der Waals surface area contributed by atoms with E-state index in [1.807, 2.05) is 4.90 Å². The summed E-state index contributed by atoms with van der Waals surface area (Å²) in [6.45, 7) is 8.26. The van der Waals surface area contributed by atoms with E-state index in [0.717, 1.165) is 32.6 Å². The number of aryl methyl sites for hydroxylation is 1. The monoisotopic (exact) mass is 329 g/mol. The quantitative estimate of drug-likeness (QED) is 0.868. The number of nitrogens with one attached hydrogen (secondary N) is 1. The minimum atomic E-state index is 0.122. The number of urea groups is 1. The SMILES string of the molecule is CCN(C)C[C@@H]1CCN(C(=O)N[C@H](c2ccccc2C)C2CC2)C1. The maximum atomic E-state index is 12.8. The summed E-state index contributed by atoms with van der Waals surface area (Å²) in [5, 5.41) is 3.34. The highest BCUT2D eigenvalue weighted by Crippen LogP contribution is 2.42. The molecule has 0 aromatic heterocycles. The molecule has 1 saturated carbocycles. The van der Waals surface area contributed by atoms with Crippen LogP contribution in [0.25, 0.3) is 0 Å². The topological polar surface area (TPSA) is 35.6 Å². The predicted molar refractivity (Wildman–Crippen MR) is 98.0 cm³/mol. The first-order chi connectivity index (χ1) is 11.6. The summed E-state index contributed by atoms with van der Waals surface area (Å²) >= 11 is 0. The third-order valence-corrected chi connectivity index (χ3v) is 5.58. The van der Waals surface area contributed by atoms with Crippen LogP contribution in [0.1, 0.15) is 43.4 Å². The summed E-state index contributed by atoms with van der Waals surface area (Å²) in [4.78, 5) is 17.1. The highest BCUT2D eigenvalue weighted by molar-refractivity contribution is 5.75. The van der Waals surface area contributed by atoms with Gasteiger partial charge in [0.1, 0.15) is 0 Å². The fourth-order valence-electron chi connectivity index (χ4n) is 3.78. The zero-order chi connectivity index (χ0) is 17.1.